The molecule has 1 fully saturated rings. The lowest BCUT2D eigenvalue weighted by molar-refractivity contribution is 0.00940. The minimum absolute atomic E-state index is 0.119. The molecule has 1 aliphatic rings. The molecule has 0 amide bonds. The van der Waals surface area contributed by atoms with Crippen LogP contribution in [0.2, 0.25) is 0 Å². The average molecular weight is 299 g/mol. The Morgan fingerprint density at radius 3 is 2.40 bits per heavy atom. The molecule has 1 saturated heterocycles. The standard InChI is InChI=1S/C14H21NO4S/c1-11(16)12-4-6-13(7-5-12)20(18,19)15-9-3-8-14(2,17)10-15/h4-7,11,16-17H,3,8-10H2,1-2H3. The van der Waals surface area contributed by atoms with Crippen LogP contribution < -0.4 is 0 Å². The van der Waals surface area contributed by atoms with Gasteiger partial charge in [-0.25, -0.2) is 8.42 Å². The zero-order valence-electron chi connectivity index (χ0n) is 11.8. The van der Waals surface area contributed by atoms with Crippen molar-refractivity contribution in [2.24, 2.45) is 0 Å². The van der Waals surface area contributed by atoms with Gasteiger partial charge in [-0.15, -0.1) is 0 Å². The molecule has 2 N–H and O–H groups in total. The molecule has 20 heavy (non-hydrogen) atoms. The number of aliphatic hydroxyl groups excluding tert-OH is 1. The highest BCUT2D eigenvalue weighted by Crippen LogP contribution is 2.26. The molecule has 0 radical (unpaired) electrons. The zero-order valence-corrected chi connectivity index (χ0v) is 12.6. The minimum atomic E-state index is -3.58. The first-order valence-corrected chi connectivity index (χ1v) is 8.17. The van der Waals surface area contributed by atoms with Crippen LogP contribution in [0.15, 0.2) is 29.2 Å². The second-order valence-corrected chi connectivity index (χ2v) is 7.62. The van der Waals surface area contributed by atoms with Gasteiger partial charge in [-0.2, -0.15) is 4.31 Å². The van der Waals surface area contributed by atoms with Crippen LogP contribution >= 0.6 is 0 Å². The van der Waals surface area contributed by atoms with Crippen LogP contribution in [0.25, 0.3) is 0 Å². The topological polar surface area (TPSA) is 77.8 Å². The fraction of sp³-hybridized carbons (Fsp3) is 0.571. The number of hydrogen-bond acceptors (Lipinski definition) is 4. The smallest absolute Gasteiger partial charge is 0.243 e. The van der Waals surface area contributed by atoms with Gasteiger partial charge in [0.05, 0.1) is 16.6 Å². The Hall–Kier alpha value is -0.950. The van der Waals surface area contributed by atoms with Gasteiger partial charge in [-0.3, -0.25) is 0 Å². The number of hydrogen-bond donors (Lipinski definition) is 2. The third-order valence-corrected chi connectivity index (χ3v) is 5.50. The molecule has 1 aromatic carbocycles. The van der Waals surface area contributed by atoms with Gasteiger partial charge in [0.25, 0.3) is 0 Å². The fourth-order valence-corrected chi connectivity index (χ4v) is 4.04. The summed E-state index contributed by atoms with van der Waals surface area (Å²) in [6, 6.07) is 6.22. The number of piperidine rings is 1. The largest absolute Gasteiger partial charge is 0.389 e. The van der Waals surface area contributed by atoms with E-state index in [-0.39, 0.29) is 11.4 Å². The normalized spacial score (nSPS) is 26.4. The first kappa shape index (κ1) is 15.4. The monoisotopic (exact) mass is 299 g/mol. The second kappa shape index (κ2) is 5.44. The van der Waals surface area contributed by atoms with Crippen molar-refractivity contribution in [3.05, 3.63) is 29.8 Å². The first-order valence-electron chi connectivity index (χ1n) is 6.73. The summed E-state index contributed by atoms with van der Waals surface area (Å²) in [4.78, 5) is 0.194. The number of rotatable bonds is 3. The molecular formula is C14H21NO4S. The van der Waals surface area contributed by atoms with E-state index in [9.17, 15) is 18.6 Å². The Kier molecular flexibility index (Phi) is 4.20. The summed E-state index contributed by atoms with van der Waals surface area (Å²) < 4.78 is 26.3. The first-order chi connectivity index (χ1) is 9.22. The van der Waals surface area contributed by atoms with Crippen LogP contribution in [0, 0.1) is 0 Å². The number of β-amino-alcohol motifs (C(OH)–C–C–N with tert-alkyl or cyclic N) is 1. The third kappa shape index (κ3) is 3.20. The predicted molar refractivity (Wildman–Crippen MR) is 75.7 cm³/mol. The van der Waals surface area contributed by atoms with E-state index in [1.54, 1.807) is 26.0 Å². The van der Waals surface area contributed by atoms with Crippen molar-refractivity contribution in [3.63, 3.8) is 0 Å². The molecule has 112 valence electrons. The van der Waals surface area contributed by atoms with E-state index in [2.05, 4.69) is 0 Å². The number of aliphatic hydroxyl groups is 2. The highest BCUT2D eigenvalue weighted by Gasteiger charge is 2.35. The maximum Gasteiger partial charge on any atom is 0.243 e. The molecule has 0 bridgehead atoms. The fourth-order valence-electron chi connectivity index (χ4n) is 2.45. The van der Waals surface area contributed by atoms with E-state index in [4.69, 9.17) is 0 Å². The molecule has 1 heterocycles. The molecule has 2 unspecified atom stereocenters. The molecular weight excluding hydrogens is 278 g/mol. The molecule has 0 spiro atoms. The molecule has 1 aromatic rings. The molecule has 1 aliphatic heterocycles. The maximum atomic E-state index is 12.5. The van der Waals surface area contributed by atoms with E-state index in [1.165, 1.54) is 16.4 Å². The molecule has 6 heteroatoms. The summed E-state index contributed by atoms with van der Waals surface area (Å²) in [7, 11) is -3.58. The number of nitrogens with zero attached hydrogens (tertiary/aromatic N) is 1. The Balaban J connectivity index is 2.26. The van der Waals surface area contributed by atoms with Gasteiger partial charge >= 0.3 is 0 Å². The van der Waals surface area contributed by atoms with E-state index >= 15 is 0 Å². The van der Waals surface area contributed by atoms with Crippen LogP contribution in [0.4, 0.5) is 0 Å². The minimum Gasteiger partial charge on any atom is -0.389 e. The summed E-state index contributed by atoms with van der Waals surface area (Å²) in [5.41, 5.74) is -0.292. The van der Waals surface area contributed by atoms with Crippen molar-refractivity contribution >= 4 is 10.0 Å². The highest BCUT2D eigenvalue weighted by molar-refractivity contribution is 7.89. The summed E-state index contributed by atoms with van der Waals surface area (Å²) in [6.07, 6.45) is 0.639. The lowest BCUT2D eigenvalue weighted by atomic mass is 9.97. The van der Waals surface area contributed by atoms with Crippen molar-refractivity contribution < 1.29 is 18.6 Å². The van der Waals surface area contributed by atoms with Gasteiger partial charge in [0.15, 0.2) is 0 Å². The summed E-state index contributed by atoms with van der Waals surface area (Å²) >= 11 is 0. The van der Waals surface area contributed by atoms with Gasteiger partial charge in [0.1, 0.15) is 0 Å². The Bertz CT molecular complexity index is 563. The van der Waals surface area contributed by atoms with Gasteiger partial charge in [0.2, 0.25) is 10.0 Å². The highest BCUT2D eigenvalue weighted by atomic mass is 32.2. The Morgan fingerprint density at radius 1 is 1.30 bits per heavy atom. The van der Waals surface area contributed by atoms with E-state index in [0.29, 0.717) is 24.9 Å². The third-order valence-electron chi connectivity index (χ3n) is 3.64. The lowest BCUT2D eigenvalue weighted by Gasteiger charge is -2.35. The molecule has 0 saturated carbocycles. The molecule has 2 atom stereocenters. The number of benzene rings is 1. The second-order valence-electron chi connectivity index (χ2n) is 5.68. The van der Waals surface area contributed by atoms with Crippen molar-refractivity contribution in [1.29, 1.82) is 0 Å². The zero-order chi connectivity index (χ0) is 15.0. The van der Waals surface area contributed by atoms with Gasteiger partial charge < -0.3 is 10.2 Å². The van der Waals surface area contributed by atoms with E-state index in [1.807, 2.05) is 0 Å². The summed E-state index contributed by atoms with van der Waals surface area (Å²) in [5.74, 6) is 0. The van der Waals surface area contributed by atoms with Crippen molar-refractivity contribution in [1.82, 2.24) is 4.31 Å². The maximum absolute atomic E-state index is 12.5. The summed E-state index contributed by atoms with van der Waals surface area (Å²) in [6.45, 7) is 3.83. The predicted octanol–water partition coefficient (Wildman–Crippen LogP) is 1.28. The molecule has 0 aromatic heterocycles. The molecule has 2 rings (SSSR count). The SMILES string of the molecule is CC(O)c1ccc(S(=O)(=O)N2CCCC(C)(O)C2)cc1. The van der Waals surface area contributed by atoms with Crippen LogP contribution in [0.5, 0.6) is 0 Å². The van der Waals surface area contributed by atoms with Crippen LogP contribution in [0.3, 0.4) is 0 Å². The van der Waals surface area contributed by atoms with Crippen molar-refractivity contribution in [2.45, 2.75) is 43.3 Å². The van der Waals surface area contributed by atoms with Crippen LogP contribution in [0.1, 0.15) is 38.4 Å². The van der Waals surface area contributed by atoms with Crippen molar-refractivity contribution in [2.75, 3.05) is 13.1 Å². The number of sulfonamides is 1. The quantitative estimate of drug-likeness (QED) is 0.881. The van der Waals surface area contributed by atoms with Crippen LogP contribution in [-0.4, -0.2) is 41.6 Å². The van der Waals surface area contributed by atoms with Crippen LogP contribution in [-0.2, 0) is 10.0 Å². The van der Waals surface area contributed by atoms with Gasteiger partial charge in [-0.05, 0) is 44.4 Å². The van der Waals surface area contributed by atoms with E-state index in [0.717, 1.165) is 0 Å². The lowest BCUT2D eigenvalue weighted by Crippen LogP contribution is -2.48. The average Bonchev–Trinajstić information content (AvgIpc) is 2.37. The Labute approximate surface area is 119 Å². The Morgan fingerprint density at radius 2 is 1.90 bits per heavy atom. The van der Waals surface area contributed by atoms with Gasteiger partial charge in [0, 0.05) is 13.1 Å². The molecule has 0 aliphatic carbocycles. The van der Waals surface area contributed by atoms with Gasteiger partial charge in [-0.1, -0.05) is 12.1 Å². The van der Waals surface area contributed by atoms with Crippen molar-refractivity contribution in [3.8, 4) is 0 Å². The summed E-state index contributed by atoms with van der Waals surface area (Å²) in [5, 5.41) is 19.5. The van der Waals surface area contributed by atoms with E-state index < -0.39 is 21.7 Å². The molecule has 5 nitrogen and oxygen atoms in total.